The van der Waals surface area contributed by atoms with Crippen molar-refractivity contribution in [2.45, 2.75) is 12.2 Å². The number of benzene rings is 1. The lowest BCUT2D eigenvalue weighted by Crippen LogP contribution is -2.21. The highest BCUT2D eigenvalue weighted by molar-refractivity contribution is 6.30. The lowest BCUT2D eigenvalue weighted by Gasteiger charge is -2.26. The molecule has 1 aliphatic rings. The maximum atomic E-state index is 9.74. The molecule has 0 aromatic heterocycles. The van der Waals surface area contributed by atoms with Crippen LogP contribution in [0.15, 0.2) is 35.0 Å². The molecule has 1 aliphatic carbocycles. The molecule has 14 heavy (non-hydrogen) atoms. The van der Waals surface area contributed by atoms with Gasteiger partial charge in [-0.3, -0.25) is 0 Å². The fourth-order valence-corrected chi connectivity index (χ4v) is 1.82. The van der Waals surface area contributed by atoms with Crippen molar-refractivity contribution in [3.63, 3.8) is 0 Å². The Morgan fingerprint density at radius 1 is 1.07 bits per heavy atom. The fourth-order valence-electron chi connectivity index (χ4n) is 1.60. The molecule has 0 saturated heterocycles. The van der Waals surface area contributed by atoms with E-state index in [1.54, 1.807) is 24.3 Å². The van der Waals surface area contributed by atoms with Crippen molar-refractivity contribution in [2.24, 2.45) is 5.73 Å². The minimum atomic E-state index is -0.920. The molecule has 0 aliphatic heterocycles. The Balaban J connectivity index is 2.61. The fraction of sp³-hybridized carbons (Fsp3) is 0.200. The number of aliphatic hydroxyl groups excluding tert-OH is 2. The first-order valence-corrected chi connectivity index (χ1v) is 4.60. The van der Waals surface area contributed by atoms with E-state index in [0.29, 0.717) is 11.1 Å². The number of fused-ring (bicyclic) bond motifs is 1. The highest BCUT2D eigenvalue weighted by Gasteiger charge is 2.29. The molecular weight excluding hydrogens is 202 g/mol. The molecule has 0 bridgehead atoms. The van der Waals surface area contributed by atoms with E-state index in [2.05, 4.69) is 0 Å². The van der Waals surface area contributed by atoms with Crippen LogP contribution < -0.4 is 5.73 Å². The lowest BCUT2D eigenvalue weighted by molar-refractivity contribution is 0.173. The van der Waals surface area contributed by atoms with Crippen LogP contribution in [-0.4, -0.2) is 10.2 Å². The maximum absolute atomic E-state index is 9.74. The maximum Gasteiger partial charge on any atom is 0.120 e. The summed E-state index contributed by atoms with van der Waals surface area (Å²) in [4.78, 5) is 0. The van der Waals surface area contributed by atoms with E-state index < -0.39 is 12.2 Å². The Morgan fingerprint density at radius 3 is 2.14 bits per heavy atom. The lowest BCUT2D eigenvalue weighted by atomic mass is 9.90. The summed E-state index contributed by atoms with van der Waals surface area (Å²) in [7, 11) is 0. The van der Waals surface area contributed by atoms with Crippen molar-refractivity contribution in [1.29, 1.82) is 0 Å². The van der Waals surface area contributed by atoms with Crippen molar-refractivity contribution >= 4 is 11.6 Å². The predicted molar refractivity (Wildman–Crippen MR) is 53.4 cm³/mol. The average Bonchev–Trinajstić information content (AvgIpc) is 2.23. The first kappa shape index (κ1) is 9.52. The van der Waals surface area contributed by atoms with Crippen LogP contribution in [0, 0.1) is 0 Å². The second kappa shape index (κ2) is 3.28. The Bertz CT molecular complexity index is 366. The van der Waals surface area contributed by atoms with Crippen LogP contribution in [-0.2, 0) is 0 Å². The third-order valence-electron chi connectivity index (χ3n) is 2.40. The highest BCUT2D eigenvalue weighted by Crippen LogP contribution is 2.39. The van der Waals surface area contributed by atoms with Crippen LogP contribution in [0.1, 0.15) is 23.3 Å². The molecule has 0 fully saturated rings. The van der Waals surface area contributed by atoms with E-state index in [0.717, 1.165) is 0 Å². The highest BCUT2D eigenvalue weighted by atomic mass is 35.5. The van der Waals surface area contributed by atoms with Crippen LogP contribution >= 0.6 is 11.6 Å². The van der Waals surface area contributed by atoms with Gasteiger partial charge < -0.3 is 15.9 Å². The number of rotatable bonds is 0. The zero-order valence-electron chi connectivity index (χ0n) is 7.31. The number of hydrogen-bond donors (Lipinski definition) is 3. The SMILES string of the molecule is NC1=C(Cl)C(O)c2ccccc2C1O. The van der Waals surface area contributed by atoms with Gasteiger partial charge in [0.05, 0.1) is 10.7 Å². The van der Waals surface area contributed by atoms with Crippen LogP contribution in [0.4, 0.5) is 0 Å². The summed E-state index contributed by atoms with van der Waals surface area (Å²) in [5, 5.41) is 19.6. The van der Waals surface area contributed by atoms with Gasteiger partial charge in [0.1, 0.15) is 12.2 Å². The largest absolute Gasteiger partial charge is 0.399 e. The molecule has 1 aromatic rings. The monoisotopic (exact) mass is 211 g/mol. The number of halogens is 1. The summed E-state index contributed by atoms with van der Waals surface area (Å²) in [5.41, 5.74) is 6.91. The summed E-state index contributed by atoms with van der Waals surface area (Å²) >= 11 is 5.78. The molecule has 74 valence electrons. The quantitative estimate of drug-likeness (QED) is 0.604. The van der Waals surface area contributed by atoms with Crippen LogP contribution in [0.25, 0.3) is 0 Å². The molecule has 0 saturated carbocycles. The molecule has 2 unspecified atom stereocenters. The van der Waals surface area contributed by atoms with Crippen LogP contribution in [0.5, 0.6) is 0 Å². The molecule has 1 aromatic carbocycles. The Kier molecular flexibility index (Phi) is 2.23. The minimum Gasteiger partial charge on any atom is -0.399 e. The molecule has 0 radical (unpaired) electrons. The van der Waals surface area contributed by atoms with E-state index >= 15 is 0 Å². The molecule has 0 amide bonds. The average molecular weight is 212 g/mol. The Morgan fingerprint density at radius 2 is 1.57 bits per heavy atom. The molecule has 0 spiro atoms. The topological polar surface area (TPSA) is 66.5 Å². The molecule has 0 heterocycles. The summed E-state index contributed by atoms with van der Waals surface area (Å²) in [6.07, 6.45) is -1.83. The van der Waals surface area contributed by atoms with Gasteiger partial charge in [0, 0.05) is 0 Å². The van der Waals surface area contributed by atoms with Crippen molar-refractivity contribution in [2.75, 3.05) is 0 Å². The first-order valence-electron chi connectivity index (χ1n) is 4.23. The van der Waals surface area contributed by atoms with Crippen molar-refractivity contribution in [3.05, 3.63) is 46.1 Å². The van der Waals surface area contributed by atoms with Crippen molar-refractivity contribution in [1.82, 2.24) is 0 Å². The van der Waals surface area contributed by atoms with Gasteiger partial charge in [0.25, 0.3) is 0 Å². The van der Waals surface area contributed by atoms with E-state index in [-0.39, 0.29) is 10.7 Å². The van der Waals surface area contributed by atoms with E-state index in [1.165, 1.54) is 0 Å². The van der Waals surface area contributed by atoms with Gasteiger partial charge in [0.2, 0.25) is 0 Å². The second-order valence-corrected chi connectivity index (χ2v) is 3.64. The van der Waals surface area contributed by atoms with Gasteiger partial charge in [-0.15, -0.1) is 0 Å². The molecule has 2 atom stereocenters. The van der Waals surface area contributed by atoms with Crippen molar-refractivity contribution in [3.8, 4) is 0 Å². The smallest absolute Gasteiger partial charge is 0.120 e. The number of aliphatic hydroxyl groups is 2. The van der Waals surface area contributed by atoms with Gasteiger partial charge >= 0.3 is 0 Å². The molecule has 2 rings (SSSR count). The summed E-state index contributed by atoms with van der Waals surface area (Å²) in [6, 6.07) is 7.00. The van der Waals surface area contributed by atoms with E-state index in [4.69, 9.17) is 17.3 Å². The van der Waals surface area contributed by atoms with E-state index in [9.17, 15) is 10.2 Å². The van der Waals surface area contributed by atoms with E-state index in [1.807, 2.05) is 0 Å². The Hall–Kier alpha value is -1.03. The zero-order chi connectivity index (χ0) is 10.3. The number of hydrogen-bond acceptors (Lipinski definition) is 3. The number of nitrogens with two attached hydrogens (primary N) is 1. The first-order chi connectivity index (χ1) is 6.63. The molecular formula is C10H10ClNO2. The van der Waals surface area contributed by atoms with Crippen LogP contribution in [0.2, 0.25) is 0 Å². The summed E-state index contributed by atoms with van der Waals surface area (Å²) < 4.78 is 0. The van der Waals surface area contributed by atoms with Gasteiger partial charge in [-0.05, 0) is 11.1 Å². The standard InChI is InChI=1S/C10H10ClNO2/c11-7-8(12)10(14)6-4-2-1-3-5(6)9(7)13/h1-4,9-10,13-14H,12H2. The second-order valence-electron chi connectivity index (χ2n) is 3.24. The third kappa shape index (κ3) is 1.21. The van der Waals surface area contributed by atoms with Gasteiger partial charge in [-0.2, -0.15) is 0 Å². The van der Waals surface area contributed by atoms with Gasteiger partial charge in [0.15, 0.2) is 0 Å². The third-order valence-corrected chi connectivity index (χ3v) is 2.82. The minimum absolute atomic E-state index is 0.108. The molecule has 4 N–H and O–H groups in total. The van der Waals surface area contributed by atoms with Gasteiger partial charge in [-0.25, -0.2) is 0 Å². The summed E-state index contributed by atoms with van der Waals surface area (Å²) in [6.45, 7) is 0. The van der Waals surface area contributed by atoms with Crippen molar-refractivity contribution < 1.29 is 10.2 Å². The predicted octanol–water partition coefficient (Wildman–Crippen LogP) is 1.18. The van der Waals surface area contributed by atoms with Crippen LogP contribution in [0.3, 0.4) is 0 Å². The Labute approximate surface area is 86.4 Å². The molecule has 4 heteroatoms. The van der Waals surface area contributed by atoms with Gasteiger partial charge in [-0.1, -0.05) is 35.9 Å². The zero-order valence-corrected chi connectivity index (χ0v) is 8.07. The summed E-state index contributed by atoms with van der Waals surface area (Å²) in [5.74, 6) is 0. The molecule has 3 nitrogen and oxygen atoms in total. The normalized spacial score (nSPS) is 26.2.